The summed E-state index contributed by atoms with van der Waals surface area (Å²) >= 11 is 5.44. The average Bonchev–Trinajstić information content (AvgIpc) is 2.87. The van der Waals surface area contributed by atoms with Gasteiger partial charge in [0.2, 0.25) is 0 Å². The van der Waals surface area contributed by atoms with Crippen LogP contribution in [0.4, 0.5) is 0 Å². The van der Waals surface area contributed by atoms with Crippen molar-refractivity contribution in [1.82, 2.24) is 5.32 Å². The molecule has 0 aliphatic heterocycles. The predicted octanol–water partition coefficient (Wildman–Crippen LogP) is 4.92. The number of ether oxygens (including phenoxy) is 1. The summed E-state index contributed by atoms with van der Waals surface area (Å²) in [4.78, 5) is 1.33. The molecule has 2 rings (SSSR count). The Hall–Kier alpha value is -0.840. The third kappa shape index (κ3) is 3.43. The average molecular weight is 354 g/mol. The molecule has 1 atom stereocenters. The highest BCUT2D eigenvalue weighted by Crippen LogP contribution is 2.35. The summed E-state index contributed by atoms with van der Waals surface area (Å²) < 4.78 is 6.47. The van der Waals surface area contributed by atoms with E-state index >= 15 is 0 Å². The first kappa shape index (κ1) is 15.5. The molecule has 0 aliphatic rings. The van der Waals surface area contributed by atoms with E-state index < -0.39 is 0 Å². The number of nitrogens with one attached hydrogen (secondary N) is 1. The van der Waals surface area contributed by atoms with Gasteiger partial charge in [0.1, 0.15) is 5.75 Å². The summed E-state index contributed by atoms with van der Waals surface area (Å²) in [6, 6.07) is 8.63. The molecule has 0 radical (unpaired) electrons. The van der Waals surface area contributed by atoms with E-state index in [4.69, 9.17) is 4.74 Å². The molecule has 0 saturated heterocycles. The minimum absolute atomic E-state index is 0.232. The molecule has 2 nitrogen and oxygen atoms in total. The number of hydrogen-bond donors (Lipinski definition) is 1. The Kier molecular flexibility index (Phi) is 5.64. The van der Waals surface area contributed by atoms with Crippen LogP contribution >= 0.6 is 27.3 Å². The minimum atomic E-state index is 0.232. The van der Waals surface area contributed by atoms with E-state index in [0.29, 0.717) is 0 Å². The summed E-state index contributed by atoms with van der Waals surface area (Å²) in [6.07, 6.45) is 1.12. The molecule has 0 saturated carbocycles. The molecule has 1 aromatic carbocycles. The van der Waals surface area contributed by atoms with Crippen molar-refractivity contribution >= 4 is 27.3 Å². The molecule has 108 valence electrons. The van der Waals surface area contributed by atoms with Crippen LogP contribution in [0.25, 0.3) is 0 Å². The number of methoxy groups -OCH3 is 1. The number of halogens is 1. The van der Waals surface area contributed by atoms with Gasteiger partial charge < -0.3 is 10.1 Å². The summed E-state index contributed by atoms with van der Waals surface area (Å²) in [5, 5.41) is 5.77. The summed E-state index contributed by atoms with van der Waals surface area (Å²) in [5.74, 6) is 0.908. The van der Waals surface area contributed by atoms with Gasteiger partial charge in [0.25, 0.3) is 0 Å². The SMILES string of the molecule is CCCNC(c1ccc(OC)cc1C)c1sccc1Br. The van der Waals surface area contributed by atoms with Gasteiger partial charge in [-0.25, -0.2) is 0 Å². The van der Waals surface area contributed by atoms with Gasteiger partial charge in [-0.3, -0.25) is 0 Å². The molecule has 20 heavy (non-hydrogen) atoms. The Morgan fingerprint density at radius 2 is 2.15 bits per heavy atom. The standard InChI is InChI=1S/C16H20BrNOS/c1-4-8-18-15(16-14(17)7-9-20-16)13-6-5-12(19-3)10-11(13)2/h5-7,9-10,15,18H,4,8H2,1-3H3. The summed E-state index contributed by atoms with van der Waals surface area (Å²) in [7, 11) is 1.71. The van der Waals surface area contributed by atoms with E-state index in [0.717, 1.165) is 18.7 Å². The van der Waals surface area contributed by atoms with Crippen molar-refractivity contribution in [2.75, 3.05) is 13.7 Å². The van der Waals surface area contributed by atoms with Gasteiger partial charge in [0.15, 0.2) is 0 Å². The van der Waals surface area contributed by atoms with Crippen LogP contribution in [0, 0.1) is 6.92 Å². The highest BCUT2D eigenvalue weighted by atomic mass is 79.9. The fourth-order valence-electron chi connectivity index (χ4n) is 2.24. The Balaban J connectivity index is 2.38. The Labute approximate surface area is 133 Å². The van der Waals surface area contributed by atoms with E-state index in [1.165, 1.54) is 20.5 Å². The van der Waals surface area contributed by atoms with E-state index in [1.54, 1.807) is 18.4 Å². The maximum Gasteiger partial charge on any atom is 0.119 e. The quantitative estimate of drug-likeness (QED) is 0.795. The summed E-state index contributed by atoms with van der Waals surface area (Å²) in [5.41, 5.74) is 2.56. The van der Waals surface area contributed by atoms with Gasteiger partial charge in [-0.05, 0) is 70.5 Å². The van der Waals surface area contributed by atoms with Crippen LogP contribution in [0.2, 0.25) is 0 Å². The van der Waals surface area contributed by atoms with Crippen molar-refractivity contribution < 1.29 is 4.74 Å². The second kappa shape index (κ2) is 7.25. The molecule has 1 heterocycles. The monoisotopic (exact) mass is 353 g/mol. The van der Waals surface area contributed by atoms with Crippen LogP contribution in [0.5, 0.6) is 5.75 Å². The van der Waals surface area contributed by atoms with Crippen LogP contribution in [-0.4, -0.2) is 13.7 Å². The fraction of sp³-hybridized carbons (Fsp3) is 0.375. The minimum Gasteiger partial charge on any atom is -0.497 e. The van der Waals surface area contributed by atoms with Crippen molar-refractivity contribution in [3.63, 3.8) is 0 Å². The van der Waals surface area contributed by atoms with Crippen molar-refractivity contribution in [2.45, 2.75) is 26.3 Å². The topological polar surface area (TPSA) is 21.3 Å². The predicted molar refractivity (Wildman–Crippen MR) is 89.9 cm³/mol. The molecule has 0 fully saturated rings. The molecule has 0 aliphatic carbocycles. The second-order valence-electron chi connectivity index (χ2n) is 4.74. The number of benzene rings is 1. The molecular weight excluding hydrogens is 334 g/mol. The van der Waals surface area contributed by atoms with Crippen LogP contribution in [-0.2, 0) is 0 Å². The van der Waals surface area contributed by atoms with Crippen LogP contribution < -0.4 is 10.1 Å². The van der Waals surface area contributed by atoms with Crippen LogP contribution in [0.1, 0.15) is 35.4 Å². The third-order valence-corrected chi connectivity index (χ3v) is 5.23. The molecule has 4 heteroatoms. The number of thiophene rings is 1. The smallest absolute Gasteiger partial charge is 0.119 e. The van der Waals surface area contributed by atoms with Gasteiger partial charge >= 0.3 is 0 Å². The van der Waals surface area contributed by atoms with E-state index in [-0.39, 0.29) is 6.04 Å². The Morgan fingerprint density at radius 1 is 1.35 bits per heavy atom. The lowest BCUT2D eigenvalue weighted by molar-refractivity contribution is 0.414. The Morgan fingerprint density at radius 3 is 2.70 bits per heavy atom. The zero-order chi connectivity index (χ0) is 14.5. The molecular formula is C16H20BrNOS. The van der Waals surface area contributed by atoms with Crippen molar-refractivity contribution in [1.29, 1.82) is 0 Å². The zero-order valence-corrected chi connectivity index (χ0v) is 14.5. The normalized spacial score (nSPS) is 12.4. The molecule has 2 aromatic rings. The van der Waals surface area contributed by atoms with Crippen LogP contribution in [0.3, 0.4) is 0 Å². The first-order chi connectivity index (χ1) is 9.67. The maximum absolute atomic E-state index is 5.30. The number of hydrogen-bond acceptors (Lipinski definition) is 3. The Bertz CT molecular complexity index is 567. The van der Waals surface area contributed by atoms with Crippen LogP contribution in [0.15, 0.2) is 34.1 Å². The molecule has 1 N–H and O–H groups in total. The fourth-order valence-corrected chi connectivity index (χ4v) is 3.94. The molecule has 1 unspecified atom stereocenters. The molecule has 0 spiro atoms. The highest BCUT2D eigenvalue weighted by molar-refractivity contribution is 9.10. The van der Waals surface area contributed by atoms with Gasteiger partial charge in [0.05, 0.1) is 13.2 Å². The first-order valence-electron chi connectivity index (χ1n) is 6.78. The number of rotatable bonds is 6. The van der Waals surface area contributed by atoms with E-state index in [2.05, 4.69) is 58.7 Å². The van der Waals surface area contributed by atoms with Gasteiger partial charge in [-0.1, -0.05) is 13.0 Å². The molecule has 1 aromatic heterocycles. The lowest BCUT2D eigenvalue weighted by Crippen LogP contribution is -2.23. The number of aryl methyl sites for hydroxylation is 1. The maximum atomic E-state index is 5.30. The van der Waals surface area contributed by atoms with Crippen molar-refractivity contribution in [3.05, 3.63) is 50.1 Å². The first-order valence-corrected chi connectivity index (χ1v) is 8.45. The molecule has 0 amide bonds. The molecule has 0 bridgehead atoms. The van der Waals surface area contributed by atoms with E-state index in [1.807, 2.05) is 6.07 Å². The van der Waals surface area contributed by atoms with Crippen molar-refractivity contribution in [2.24, 2.45) is 0 Å². The van der Waals surface area contributed by atoms with Crippen molar-refractivity contribution in [3.8, 4) is 5.75 Å². The lowest BCUT2D eigenvalue weighted by Gasteiger charge is -2.21. The second-order valence-corrected chi connectivity index (χ2v) is 6.54. The van der Waals surface area contributed by atoms with Gasteiger partial charge in [0, 0.05) is 9.35 Å². The zero-order valence-electron chi connectivity index (χ0n) is 12.1. The van der Waals surface area contributed by atoms with E-state index in [9.17, 15) is 0 Å². The largest absolute Gasteiger partial charge is 0.497 e. The van der Waals surface area contributed by atoms with Gasteiger partial charge in [-0.2, -0.15) is 0 Å². The lowest BCUT2D eigenvalue weighted by atomic mass is 9.99. The summed E-state index contributed by atoms with van der Waals surface area (Å²) in [6.45, 7) is 5.33. The third-order valence-electron chi connectivity index (χ3n) is 3.29. The highest BCUT2D eigenvalue weighted by Gasteiger charge is 2.19. The van der Waals surface area contributed by atoms with Gasteiger partial charge in [-0.15, -0.1) is 11.3 Å².